The number of aromatic amines is 1. The minimum atomic E-state index is -4.62. The lowest BCUT2D eigenvalue weighted by atomic mass is 10.0. The standard InChI is InChI=1S/C30H31F4N7O2/c1-19(2)43-26(35)8-9-27-36-17-24(38-27)7-4-20-14-22(16-37-28(20)31)29(42)39-23-6-5-21(25(15-23)30(32,33)34)18-41-12-10-40(3)11-13-41/h5-6,8-9,14-17,19,35H,10-13,18H2,1-3H3,(H,36,38)(H,39,42)/b9-8-,35-26?. The highest BCUT2D eigenvalue weighted by atomic mass is 19.4. The van der Waals surface area contributed by atoms with Crippen molar-refractivity contribution in [1.82, 2.24) is 24.8 Å². The van der Waals surface area contributed by atoms with Crippen molar-refractivity contribution < 1.29 is 27.1 Å². The smallest absolute Gasteiger partial charge is 0.416 e. The number of ether oxygens (including phenoxy) is 1. The maximum Gasteiger partial charge on any atom is 0.416 e. The zero-order valence-corrected chi connectivity index (χ0v) is 23.8. The molecule has 0 spiro atoms. The second-order valence-corrected chi connectivity index (χ2v) is 10.3. The number of nitrogens with zero attached hydrogens (tertiary/aromatic N) is 4. The first-order valence-electron chi connectivity index (χ1n) is 13.5. The highest BCUT2D eigenvalue weighted by Gasteiger charge is 2.34. The quantitative estimate of drug-likeness (QED) is 0.119. The fourth-order valence-electron chi connectivity index (χ4n) is 4.23. The molecule has 0 unspecified atom stereocenters. The van der Waals surface area contributed by atoms with Crippen molar-refractivity contribution >= 4 is 23.6 Å². The summed E-state index contributed by atoms with van der Waals surface area (Å²) in [5, 5.41) is 10.1. The Morgan fingerprint density at radius 1 is 1.16 bits per heavy atom. The number of piperazine rings is 1. The summed E-state index contributed by atoms with van der Waals surface area (Å²) in [4.78, 5) is 27.5. The third-order valence-corrected chi connectivity index (χ3v) is 6.45. The number of pyridine rings is 1. The predicted octanol–water partition coefficient (Wildman–Crippen LogP) is 4.78. The highest BCUT2D eigenvalue weighted by molar-refractivity contribution is 6.04. The maximum atomic E-state index is 14.4. The van der Waals surface area contributed by atoms with Gasteiger partial charge in [0.15, 0.2) is 0 Å². The van der Waals surface area contributed by atoms with E-state index in [1.165, 1.54) is 36.5 Å². The van der Waals surface area contributed by atoms with Gasteiger partial charge in [-0.1, -0.05) is 12.0 Å². The van der Waals surface area contributed by atoms with Crippen LogP contribution in [0.25, 0.3) is 6.08 Å². The molecule has 0 atom stereocenters. The first-order chi connectivity index (χ1) is 20.4. The summed E-state index contributed by atoms with van der Waals surface area (Å²) in [6, 6.07) is 4.85. The van der Waals surface area contributed by atoms with E-state index in [2.05, 4.69) is 37.0 Å². The summed E-state index contributed by atoms with van der Waals surface area (Å²) in [7, 11) is 1.97. The summed E-state index contributed by atoms with van der Waals surface area (Å²) in [6.07, 6.45) is 0.566. The number of benzene rings is 1. The zero-order chi connectivity index (χ0) is 31.1. The molecule has 1 aliphatic heterocycles. The van der Waals surface area contributed by atoms with Crippen LogP contribution in [0.4, 0.5) is 23.2 Å². The summed E-state index contributed by atoms with van der Waals surface area (Å²) >= 11 is 0. The number of carbonyl (C=O) groups excluding carboxylic acids is 1. The topological polar surface area (TPSA) is 110 Å². The fourth-order valence-corrected chi connectivity index (χ4v) is 4.23. The van der Waals surface area contributed by atoms with Crippen LogP contribution in [0, 0.1) is 23.2 Å². The number of anilines is 1. The van der Waals surface area contributed by atoms with E-state index in [0.717, 1.165) is 25.4 Å². The molecule has 226 valence electrons. The predicted molar refractivity (Wildman–Crippen MR) is 154 cm³/mol. The largest absolute Gasteiger partial charge is 0.475 e. The molecule has 0 radical (unpaired) electrons. The minimum Gasteiger partial charge on any atom is -0.475 e. The Hall–Kier alpha value is -4.54. The molecule has 1 fully saturated rings. The Morgan fingerprint density at radius 3 is 2.60 bits per heavy atom. The van der Waals surface area contributed by atoms with Crippen LogP contribution in [0.5, 0.6) is 0 Å². The van der Waals surface area contributed by atoms with Crippen LogP contribution in [0.15, 0.2) is 42.7 Å². The van der Waals surface area contributed by atoms with Gasteiger partial charge in [-0.3, -0.25) is 15.1 Å². The van der Waals surface area contributed by atoms with Crippen LogP contribution < -0.4 is 5.32 Å². The number of amides is 1. The molecule has 9 nitrogen and oxygen atoms in total. The van der Waals surface area contributed by atoms with Crippen molar-refractivity contribution in [3.05, 3.63) is 82.5 Å². The average Bonchev–Trinajstić information content (AvgIpc) is 3.40. The van der Waals surface area contributed by atoms with Crippen molar-refractivity contribution in [3.8, 4) is 11.8 Å². The molecule has 1 aliphatic rings. The van der Waals surface area contributed by atoms with Crippen LogP contribution in [-0.4, -0.2) is 75.9 Å². The summed E-state index contributed by atoms with van der Waals surface area (Å²) in [5.41, 5.74) is -0.702. The third kappa shape index (κ3) is 8.97. The van der Waals surface area contributed by atoms with Gasteiger partial charge in [-0.2, -0.15) is 17.6 Å². The van der Waals surface area contributed by atoms with Gasteiger partial charge in [0.2, 0.25) is 11.8 Å². The summed E-state index contributed by atoms with van der Waals surface area (Å²) < 4.78 is 61.3. The number of imidazole rings is 1. The van der Waals surface area contributed by atoms with Gasteiger partial charge in [0.1, 0.15) is 11.5 Å². The molecule has 2 aromatic heterocycles. The first-order valence-corrected chi connectivity index (χ1v) is 13.5. The Labute approximate surface area is 246 Å². The average molecular weight is 598 g/mol. The molecule has 0 aliphatic carbocycles. The van der Waals surface area contributed by atoms with Crippen molar-refractivity contribution in [3.63, 3.8) is 0 Å². The van der Waals surface area contributed by atoms with Crippen LogP contribution >= 0.6 is 0 Å². The Balaban J connectivity index is 1.46. The number of hydrogen-bond donors (Lipinski definition) is 3. The van der Waals surface area contributed by atoms with Crippen molar-refractivity contribution in [1.29, 1.82) is 5.41 Å². The number of aromatic nitrogens is 3. The highest BCUT2D eigenvalue weighted by Crippen LogP contribution is 2.34. The molecular weight excluding hydrogens is 566 g/mol. The van der Waals surface area contributed by atoms with Gasteiger partial charge in [0.25, 0.3) is 5.91 Å². The van der Waals surface area contributed by atoms with E-state index in [1.54, 1.807) is 13.8 Å². The number of alkyl halides is 3. The van der Waals surface area contributed by atoms with Crippen LogP contribution in [0.1, 0.15) is 52.4 Å². The van der Waals surface area contributed by atoms with E-state index in [-0.39, 0.29) is 40.9 Å². The Morgan fingerprint density at radius 2 is 1.91 bits per heavy atom. The molecule has 3 aromatic rings. The SMILES string of the molecule is CC(C)OC(=N)/C=C\c1ncc(C#Cc2cc(C(=O)Nc3ccc(CN4CCN(C)CC4)c(C(F)(F)F)c3)cnc2F)[nH]1. The molecular formula is C30H31F4N7O2. The van der Waals surface area contributed by atoms with Crippen molar-refractivity contribution in [2.45, 2.75) is 32.7 Å². The molecule has 13 heteroatoms. The number of H-pyrrole nitrogens is 1. The number of rotatable bonds is 7. The number of nitrogens with one attached hydrogen (secondary N) is 3. The molecule has 0 saturated carbocycles. The Kier molecular flexibility index (Phi) is 9.95. The van der Waals surface area contributed by atoms with Crippen molar-refractivity contribution in [2.75, 3.05) is 38.5 Å². The molecule has 1 amide bonds. The summed E-state index contributed by atoms with van der Waals surface area (Å²) in [5.74, 6) is 3.94. The maximum absolute atomic E-state index is 14.4. The normalized spacial score (nSPS) is 14.5. The van der Waals surface area contributed by atoms with E-state index in [0.29, 0.717) is 24.6 Å². The number of likely N-dealkylation sites (N-methyl/N-ethyl adjacent to an activating group) is 1. The lowest BCUT2D eigenvalue weighted by molar-refractivity contribution is -0.138. The molecule has 3 N–H and O–H groups in total. The summed E-state index contributed by atoms with van der Waals surface area (Å²) in [6.45, 7) is 6.60. The number of halogens is 4. The lowest BCUT2D eigenvalue weighted by Crippen LogP contribution is -2.44. The minimum absolute atomic E-state index is 0.0431. The zero-order valence-electron chi connectivity index (χ0n) is 23.8. The van der Waals surface area contributed by atoms with E-state index in [9.17, 15) is 22.4 Å². The van der Waals surface area contributed by atoms with Gasteiger partial charge >= 0.3 is 6.18 Å². The van der Waals surface area contributed by atoms with E-state index < -0.39 is 23.6 Å². The van der Waals surface area contributed by atoms with E-state index in [1.807, 2.05) is 11.9 Å². The molecule has 1 aromatic carbocycles. The van der Waals surface area contributed by atoms with E-state index >= 15 is 0 Å². The third-order valence-electron chi connectivity index (χ3n) is 6.45. The second-order valence-electron chi connectivity index (χ2n) is 10.3. The van der Waals surface area contributed by atoms with Crippen LogP contribution in [-0.2, 0) is 17.5 Å². The van der Waals surface area contributed by atoms with Gasteiger partial charge in [-0.25, -0.2) is 9.97 Å². The van der Waals surface area contributed by atoms with Crippen LogP contribution in [0.3, 0.4) is 0 Å². The van der Waals surface area contributed by atoms with Crippen molar-refractivity contribution in [2.24, 2.45) is 0 Å². The molecule has 0 bridgehead atoms. The molecule has 3 heterocycles. The molecule has 43 heavy (non-hydrogen) atoms. The number of hydrogen-bond acceptors (Lipinski definition) is 7. The van der Waals surface area contributed by atoms with Gasteiger partial charge in [0.05, 0.1) is 29.0 Å². The molecule has 4 rings (SSSR count). The van der Waals surface area contributed by atoms with Gasteiger partial charge in [-0.15, -0.1) is 0 Å². The number of carbonyl (C=O) groups is 1. The van der Waals surface area contributed by atoms with E-state index in [4.69, 9.17) is 10.1 Å². The Bertz CT molecular complexity index is 1560. The first kappa shape index (κ1) is 31.4. The van der Waals surface area contributed by atoms with Crippen LogP contribution in [0.2, 0.25) is 0 Å². The van der Waals surface area contributed by atoms with Gasteiger partial charge < -0.3 is 19.9 Å². The van der Waals surface area contributed by atoms with Gasteiger partial charge in [-0.05, 0) is 56.7 Å². The monoisotopic (exact) mass is 597 g/mol. The van der Waals surface area contributed by atoms with Gasteiger partial charge in [0, 0.05) is 50.7 Å². The lowest BCUT2D eigenvalue weighted by Gasteiger charge is -2.33. The second kappa shape index (κ2) is 13.6. The fraction of sp³-hybridized carbons (Fsp3) is 0.333. The molecule has 1 saturated heterocycles.